The lowest BCUT2D eigenvalue weighted by Crippen LogP contribution is -2.36. The fraction of sp³-hybridized carbons (Fsp3) is 0.259. The largest absolute Gasteiger partial charge is 0.481 e. The van der Waals surface area contributed by atoms with Crippen LogP contribution in [-0.4, -0.2) is 31.6 Å². The number of carboxylic acids is 1. The lowest BCUT2D eigenvalue weighted by Gasteiger charge is -2.18. The van der Waals surface area contributed by atoms with Gasteiger partial charge in [-0.1, -0.05) is 67.4 Å². The van der Waals surface area contributed by atoms with E-state index < -0.39 is 22.0 Å². The molecular formula is C27H29N3O5S. The molecule has 0 bridgehead atoms. The molecule has 2 amide bonds. The molecule has 1 aliphatic rings. The molecule has 188 valence electrons. The number of rotatable bonds is 9. The van der Waals surface area contributed by atoms with E-state index in [9.17, 15) is 23.1 Å². The van der Waals surface area contributed by atoms with Crippen LogP contribution in [0.5, 0.6) is 0 Å². The summed E-state index contributed by atoms with van der Waals surface area (Å²) >= 11 is 0. The summed E-state index contributed by atoms with van der Waals surface area (Å²) < 4.78 is 28.5. The van der Waals surface area contributed by atoms with Crippen molar-refractivity contribution in [3.05, 3.63) is 84.4 Å². The lowest BCUT2D eigenvalue weighted by molar-refractivity contribution is -0.137. The first-order valence-electron chi connectivity index (χ1n) is 11.9. The van der Waals surface area contributed by atoms with Gasteiger partial charge >= 0.3 is 12.0 Å². The van der Waals surface area contributed by atoms with E-state index in [2.05, 4.69) is 15.4 Å². The van der Waals surface area contributed by atoms with Crippen LogP contribution in [0.2, 0.25) is 0 Å². The Labute approximate surface area is 210 Å². The normalized spacial score (nSPS) is 14.8. The minimum atomic E-state index is -3.97. The number of nitrogens with one attached hydrogen (secondary N) is 3. The monoisotopic (exact) mass is 507 g/mol. The molecule has 4 rings (SSSR count). The third-order valence-corrected chi connectivity index (χ3v) is 7.67. The van der Waals surface area contributed by atoms with Gasteiger partial charge in [0.1, 0.15) is 0 Å². The van der Waals surface area contributed by atoms with E-state index in [1.54, 1.807) is 48.5 Å². The summed E-state index contributed by atoms with van der Waals surface area (Å²) in [6, 6.07) is 21.3. The zero-order chi connectivity index (χ0) is 25.5. The summed E-state index contributed by atoms with van der Waals surface area (Å²) in [5.74, 6) is -1.10. The second-order valence-corrected chi connectivity index (χ2v) is 10.6. The van der Waals surface area contributed by atoms with Gasteiger partial charge < -0.3 is 15.7 Å². The second-order valence-electron chi connectivity index (χ2n) is 8.87. The quantitative estimate of drug-likeness (QED) is 0.327. The topological polar surface area (TPSA) is 125 Å². The molecule has 1 aliphatic carbocycles. The van der Waals surface area contributed by atoms with Crippen molar-refractivity contribution < 1.29 is 23.1 Å². The van der Waals surface area contributed by atoms with Crippen LogP contribution < -0.4 is 15.4 Å². The smallest absolute Gasteiger partial charge is 0.319 e. The molecule has 3 aromatic rings. The van der Waals surface area contributed by atoms with E-state index in [1.807, 2.05) is 18.2 Å². The van der Waals surface area contributed by atoms with Crippen molar-refractivity contribution in [1.82, 2.24) is 10.0 Å². The third kappa shape index (κ3) is 6.71. The molecule has 1 fully saturated rings. The Hall–Kier alpha value is -3.69. The molecule has 1 saturated carbocycles. The van der Waals surface area contributed by atoms with E-state index >= 15 is 0 Å². The Kier molecular flexibility index (Phi) is 8.02. The highest BCUT2D eigenvalue weighted by atomic mass is 32.2. The number of hydrogen-bond donors (Lipinski definition) is 4. The summed E-state index contributed by atoms with van der Waals surface area (Å²) in [5, 5.41) is 15.1. The van der Waals surface area contributed by atoms with Gasteiger partial charge in [-0.2, -0.15) is 0 Å². The standard InChI is InChI=1S/C27H29N3O5S/c31-26(32)18-25(20-7-2-1-3-8-20)30-36(34,35)24-15-13-19(14-16-24)21-9-6-12-23(17-21)29-27(33)28-22-10-4-5-11-22/h1-3,6-9,12-17,22,25,30H,4-5,10-11,18H2,(H,31,32)(H2,28,29,33). The van der Waals surface area contributed by atoms with Crippen LogP contribution in [0.3, 0.4) is 0 Å². The fourth-order valence-electron chi connectivity index (χ4n) is 4.37. The van der Waals surface area contributed by atoms with Crippen LogP contribution in [0.25, 0.3) is 11.1 Å². The number of benzene rings is 3. The van der Waals surface area contributed by atoms with Gasteiger partial charge in [-0.3, -0.25) is 4.79 Å². The molecule has 0 aliphatic heterocycles. The minimum absolute atomic E-state index is 0.0304. The van der Waals surface area contributed by atoms with Gasteiger partial charge in [-0.05, 0) is 53.8 Å². The van der Waals surface area contributed by atoms with Crippen LogP contribution >= 0.6 is 0 Å². The van der Waals surface area contributed by atoms with E-state index in [0.29, 0.717) is 11.3 Å². The van der Waals surface area contributed by atoms with E-state index in [-0.39, 0.29) is 23.4 Å². The Morgan fingerprint density at radius 3 is 2.25 bits per heavy atom. The summed E-state index contributed by atoms with van der Waals surface area (Å²) in [5.41, 5.74) is 2.81. The molecule has 4 N–H and O–H groups in total. The molecule has 0 radical (unpaired) electrons. The minimum Gasteiger partial charge on any atom is -0.481 e. The van der Waals surface area contributed by atoms with Crippen molar-refractivity contribution >= 4 is 27.7 Å². The molecule has 3 aromatic carbocycles. The first kappa shape index (κ1) is 25.4. The predicted octanol–water partition coefficient (Wildman–Crippen LogP) is 4.91. The number of hydrogen-bond acceptors (Lipinski definition) is 4. The number of carboxylic acid groups (broad SMARTS) is 1. The molecule has 36 heavy (non-hydrogen) atoms. The van der Waals surface area contributed by atoms with Gasteiger partial charge in [-0.25, -0.2) is 17.9 Å². The third-order valence-electron chi connectivity index (χ3n) is 6.19. The maximum Gasteiger partial charge on any atom is 0.319 e. The van der Waals surface area contributed by atoms with E-state index in [4.69, 9.17) is 0 Å². The van der Waals surface area contributed by atoms with Crippen molar-refractivity contribution in [2.75, 3.05) is 5.32 Å². The molecule has 1 unspecified atom stereocenters. The summed E-state index contributed by atoms with van der Waals surface area (Å²) in [7, 11) is -3.97. The first-order chi connectivity index (χ1) is 17.3. The number of urea groups is 1. The van der Waals surface area contributed by atoms with Crippen LogP contribution in [0.4, 0.5) is 10.5 Å². The molecule has 0 saturated heterocycles. The number of anilines is 1. The number of sulfonamides is 1. The van der Waals surface area contributed by atoms with Gasteiger partial charge in [0.25, 0.3) is 0 Å². The van der Waals surface area contributed by atoms with Crippen molar-refractivity contribution in [2.45, 2.75) is 49.1 Å². The first-order valence-corrected chi connectivity index (χ1v) is 13.4. The SMILES string of the molecule is O=C(O)CC(NS(=O)(=O)c1ccc(-c2cccc(NC(=O)NC3CCCC3)c2)cc1)c1ccccc1. The maximum absolute atomic E-state index is 13.0. The number of aliphatic carboxylic acids is 1. The molecule has 8 nitrogen and oxygen atoms in total. The molecule has 9 heteroatoms. The fourth-order valence-corrected chi connectivity index (χ4v) is 5.59. The van der Waals surface area contributed by atoms with Gasteiger partial charge in [0.2, 0.25) is 10.0 Å². The van der Waals surface area contributed by atoms with Crippen LogP contribution in [0.1, 0.15) is 43.7 Å². The predicted molar refractivity (Wildman–Crippen MR) is 138 cm³/mol. The van der Waals surface area contributed by atoms with Crippen molar-refractivity contribution in [1.29, 1.82) is 0 Å². The second kappa shape index (κ2) is 11.4. The van der Waals surface area contributed by atoms with E-state index in [1.165, 1.54) is 12.1 Å². The Morgan fingerprint density at radius 2 is 1.58 bits per heavy atom. The average molecular weight is 508 g/mol. The number of amides is 2. The summed E-state index contributed by atoms with van der Waals surface area (Å²) in [4.78, 5) is 23.6. The lowest BCUT2D eigenvalue weighted by atomic mass is 10.1. The van der Waals surface area contributed by atoms with Crippen LogP contribution in [-0.2, 0) is 14.8 Å². The Balaban J connectivity index is 1.46. The van der Waals surface area contributed by atoms with Crippen LogP contribution in [0.15, 0.2) is 83.8 Å². The van der Waals surface area contributed by atoms with Crippen molar-refractivity contribution in [3.63, 3.8) is 0 Å². The molecule has 0 aromatic heterocycles. The Bertz CT molecular complexity index is 1300. The highest BCUT2D eigenvalue weighted by molar-refractivity contribution is 7.89. The zero-order valence-corrected chi connectivity index (χ0v) is 20.5. The molecule has 0 spiro atoms. The van der Waals surface area contributed by atoms with E-state index in [0.717, 1.165) is 36.8 Å². The highest BCUT2D eigenvalue weighted by Crippen LogP contribution is 2.26. The van der Waals surface area contributed by atoms with Gasteiger partial charge in [-0.15, -0.1) is 0 Å². The van der Waals surface area contributed by atoms with Gasteiger partial charge in [0.15, 0.2) is 0 Å². The summed E-state index contributed by atoms with van der Waals surface area (Å²) in [6.45, 7) is 0. The number of carbonyl (C=O) groups excluding carboxylic acids is 1. The Morgan fingerprint density at radius 1 is 0.889 bits per heavy atom. The highest BCUT2D eigenvalue weighted by Gasteiger charge is 2.23. The average Bonchev–Trinajstić information content (AvgIpc) is 3.37. The molecule has 0 heterocycles. The van der Waals surface area contributed by atoms with Crippen LogP contribution in [0, 0.1) is 0 Å². The molecular weight excluding hydrogens is 478 g/mol. The van der Waals surface area contributed by atoms with Crippen molar-refractivity contribution in [2.24, 2.45) is 0 Å². The van der Waals surface area contributed by atoms with Gasteiger partial charge in [0.05, 0.1) is 17.4 Å². The molecule has 1 atom stereocenters. The zero-order valence-electron chi connectivity index (χ0n) is 19.7. The van der Waals surface area contributed by atoms with Crippen molar-refractivity contribution in [3.8, 4) is 11.1 Å². The summed E-state index contributed by atoms with van der Waals surface area (Å²) in [6.07, 6.45) is 3.89. The maximum atomic E-state index is 13.0. The van der Waals surface area contributed by atoms with Gasteiger partial charge in [0, 0.05) is 11.7 Å². The number of carbonyl (C=O) groups is 2.